The molecule has 1 heterocycles. The lowest BCUT2D eigenvalue weighted by Crippen LogP contribution is -2.09. The van der Waals surface area contributed by atoms with Gasteiger partial charge in [0.15, 0.2) is 0 Å². The number of sulfone groups is 1. The van der Waals surface area contributed by atoms with E-state index in [2.05, 4.69) is 30.1 Å². The molecule has 1 fully saturated rings. The van der Waals surface area contributed by atoms with E-state index in [1.54, 1.807) is 6.07 Å². The van der Waals surface area contributed by atoms with Gasteiger partial charge < -0.3 is 14.6 Å². The van der Waals surface area contributed by atoms with Crippen molar-refractivity contribution < 1.29 is 23.0 Å². The molecular weight excluding hydrogens is 462 g/mol. The van der Waals surface area contributed by atoms with E-state index in [1.165, 1.54) is 23.8 Å². The first kappa shape index (κ1) is 23.8. The van der Waals surface area contributed by atoms with Crippen LogP contribution in [0.25, 0.3) is 11.1 Å². The minimum Gasteiger partial charge on any atom is -0.489 e. The smallest absolute Gasteiger partial charge is 0.213 e. The van der Waals surface area contributed by atoms with Crippen LogP contribution in [0.4, 0.5) is 0 Å². The molecule has 1 aromatic heterocycles. The fourth-order valence-electron chi connectivity index (χ4n) is 5.24. The number of hydrogen-bond donors (Lipinski definition) is 1. The Morgan fingerprint density at radius 3 is 2.74 bits per heavy atom. The molecule has 1 saturated carbocycles. The summed E-state index contributed by atoms with van der Waals surface area (Å²) in [6.07, 6.45) is 2.77. The van der Waals surface area contributed by atoms with Crippen molar-refractivity contribution >= 4 is 9.84 Å². The second-order valence-electron chi connectivity index (χ2n) is 9.74. The highest BCUT2D eigenvalue weighted by molar-refractivity contribution is 7.90. The Kier molecular flexibility index (Phi) is 6.55. The highest BCUT2D eigenvalue weighted by atomic mass is 32.2. The summed E-state index contributed by atoms with van der Waals surface area (Å²) >= 11 is 0. The molecule has 0 aliphatic heterocycles. The minimum absolute atomic E-state index is 0.0680. The summed E-state index contributed by atoms with van der Waals surface area (Å²) in [6.45, 7) is 2.82. The van der Waals surface area contributed by atoms with Crippen LogP contribution < -0.4 is 9.47 Å². The molecule has 0 unspecified atom stereocenters. The number of ether oxygens (including phenoxy) is 2. The van der Waals surface area contributed by atoms with Crippen molar-refractivity contribution in [3.05, 3.63) is 77.0 Å². The SMILES string of the molecule is C[C@H]1[C@@H]2Cc3cc(OCc4cccc(-c5ccc(OCCCS(C)(=O)=O)nc5CO)c4)ccc3[C@H]12. The van der Waals surface area contributed by atoms with E-state index in [9.17, 15) is 13.5 Å². The molecule has 6 nitrogen and oxygen atoms in total. The third-order valence-corrected chi connectivity index (χ3v) is 8.17. The lowest BCUT2D eigenvalue weighted by atomic mass is 10.0. The number of pyridine rings is 1. The Bertz CT molecular complexity index is 1340. The van der Waals surface area contributed by atoms with E-state index in [0.29, 0.717) is 24.6 Å². The molecule has 0 saturated heterocycles. The summed E-state index contributed by atoms with van der Waals surface area (Å²) in [7, 11) is -3.02. The van der Waals surface area contributed by atoms with Gasteiger partial charge in [-0.2, -0.15) is 0 Å². The maximum absolute atomic E-state index is 11.3. The number of aliphatic hydroxyl groups excluding tert-OH is 1. The third-order valence-electron chi connectivity index (χ3n) is 7.14. The van der Waals surface area contributed by atoms with Crippen LogP contribution in [0, 0.1) is 11.8 Å². The standard InChI is InChI=1S/C28H31NO5S/c1-18-25-15-21-14-22(7-8-24(21)28(18)25)34-17-19-5-3-6-20(13-19)23-9-10-27(29-26(23)16-30)33-11-4-12-35(2,31)32/h3,5-10,13-14,18,25,28,30H,4,11-12,15-17H2,1-2H3/t18-,25-,28-/m0/s1. The molecule has 7 heteroatoms. The molecule has 184 valence electrons. The fourth-order valence-corrected chi connectivity index (χ4v) is 5.88. The van der Waals surface area contributed by atoms with Crippen molar-refractivity contribution in [2.75, 3.05) is 18.6 Å². The van der Waals surface area contributed by atoms with Crippen molar-refractivity contribution in [3.63, 3.8) is 0 Å². The van der Waals surface area contributed by atoms with Gasteiger partial charge in [-0.3, -0.25) is 0 Å². The first-order valence-corrected chi connectivity index (χ1v) is 14.1. The molecule has 35 heavy (non-hydrogen) atoms. The van der Waals surface area contributed by atoms with Gasteiger partial charge in [0.25, 0.3) is 0 Å². The Labute approximate surface area is 206 Å². The maximum Gasteiger partial charge on any atom is 0.213 e. The minimum atomic E-state index is -3.02. The van der Waals surface area contributed by atoms with Crippen LogP contribution in [0.5, 0.6) is 11.6 Å². The average Bonchev–Trinajstić information content (AvgIpc) is 3.30. The Balaban J connectivity index is 1.23. The van der Waals surface area contributed by atoms with E-state index < -0.39 is 9.84 Å². The lowest BCUT2D eigenvalue weighted by molar-refractivity contribution is 0.269. The highest BCUT2D eigenvalue weighted by Crippen LogP contribution is 2.61. The lowest BCUT2D eigenvalue weighted by Gasteiger charge is -2.13. The van der Waals surface area contributed by atoms with Crippen LogP contribution in [0.3, 0.4) is 0 Å². The summed E-state index contributed by atoms with van der Waals surface area (Å²) in [5, 5.41) is 9.90. The number of aromatic nitrogens is 1. The van der Waals surface area contributed by atoms with E-state index in [4.69, 9.17) is 9.47 Å². The molecule has 2 aliphatic carbocycles. The van der Waals surface area contributed by atoms with Gasteiger partial charge in [0.2, 0.25) is 5.88 Å². The van der Waals surface area contributed by atoms with Crippen molar-refractivity contribution in [2.45, 2.75) is 38.9 Å². The topological polar surface area (TPSA) is 85.7 Å². The van der Waals surface area contributed by atoms with Gasteiger partial charge >= 0.3 is 0 Å². The molecule has 3 atom stereocenters. The second kappa shape index (κ2) is 9.63. The monoisotopic (exact) mass is 493 g/mol. The van der Waals surface area contributed by atoms with Crippen molar-refractivity contribution in [1.29, 1.82) is 0 Å². The van der Waals surface area contributed by atoms with Gasteiger partial charge in [0.1, 0.15) is 22.2 Å². The van der Waals surface area contributed by atoms with Crippen LogP contribution in [-0.4, -0.2) is 37.1 Å². The first-order valence-electron chi connectivity index (χ1n) is 12.1. The summed E-state index contributed by atoms with van der Waals surface area (Å²) in [4.78, 5) is 4.42. The van der Waals surface area contributed by atoms with Crippen molar-refractivity contribution in [3.8, 4) is 22.8 Å². The molecule has 2 aromatic carbocycles. The molecule has 5 rings (SSSR count). The van der Waals surface area contributed by atoms with E-state index >= 15 is 0 Å². The van der Waals surface area contributed by atoms with Gasteiger partial charge in [-0.1, -0.05) is 31.2 Å². The average molecular weight is 494 g/mol. The zero-order valence-corrected chi connectivity index (χ0v) is 20.9. The van der Waals surface area contributed by atoms with Gasteiger partial charge in [0.05, 0.1) is 24.7 Å². The van der Waals surface area contributed by atoms with Crippen LogP contribution >= 0.6 is 0 Å². The molecule has 0 radical (unpaired) electrons. The number of hydrogen-bond acceptors (Lipinski definition) is 6. The number of fused-ring (bicyclic) bond motifs is 3. The normalized spacial score (nSPS) is 20.3. The van der Waals surface area contributed by atoms with Gasteiger partial charge in [-0.05, 0) is 77.1 Å². The Morgan fingerprint density at radius 2 is 1.94 bits per heavy atom. The summed E-state index contributed by atoms with van der Waals surface area (Å²) in [6, 6.07) is 18.2. The largest absolute Gasteiger partial charge is 0.489 e. The van der Waals surface area contributed by atoms with Gasteiger partial charge in [0, 0.05) is 17.9 Å². The molecule has 0 amide bonds. The zero-order chi connectivity index (χ0) is 24.6. The predicted molar refractivity (Wildman–Crippen MR) is 135 cm³/mol. The Hall–Kier alpha value is -2.90. The molecular formula is C28H31NO5S. The summed E-state index contributed by atoms with van der Waals surface area (Å²) in [5.74, 6) is 3.76. The Morgan fingerprint density at radius 1 is 1.09 bits per heavy atom. The number of aliphatic hydroxyl groups is 1. The van der Waals surface area contributed by atoms with Crippen LogP contribution in [0.15, 0.2) is 54.6 Å². The number of rotatable bonds is 10. The zero-order valence-electron chi connectivity index (χ0n) is 20.1. The fraction of sp³-hybridized carbons (Fsp3) is 0.393. The van der Waals surface area contributed by atoms with E-state index in [-0.39, 0.29) is 19.0 Å². The maximum atomic E-state index is 11.3. The number of benzene rings is 2. The molecule has 0 bridgehead atoms. The third kappa shape index (κ3) is 5.36. The number of nitrogens with zero attached hydrogens (tertiary/aromatic N) is 1. The predicted octanol–water partition coefficient (Wildman–Crippen LogP) is 4.54. The quantitative estimate of drug-likeness (QED) is 0.418. The van der Waals surface area contributed by atoms with Gasteiger partial charge in [-0.15, -0.1) is 0 Å². The van der Waals surface area contributed by atoms with Crippen LogP contribution in [0.1, 0.15) is 41.6 Å². The van der Waals surface area contributed by atoms with Crippen molar-refractivity contribution in [1.82, 2.24) is 4.98 Å². The second-order valence-corrected chi connectivity index (χ2v) is 12.0. The first-order chi connectivity index (χ1) is 16.8. The van der Waals surface area contributed by atoms with E-state index in [1.807, 2.05) is 30.3 Å². The molecule has 3 aromatic rings. The molecule has 1 N–H and O–H groups in total. The van der Waals surface area contributed by atoms with E-state index in [0.717, 1.165) is 40.2 Å². The van der Waals surface area contributed by atoms with Crippen molar-refractivity contribution in [2.24, 2.45) is 11.8 Å². The molecule has 2 aliphatic rings. The van der Waals surface area contributed by atoms with Crippen LogP contribution in [0.2, 0.25) is 0 Å². The highest BCUT2D eigenvalue weighted by Gasteiger charge is 2.52. The van der Waals surface area contributed by atoms with Gasteiger partial charge in [-0.25, -0.2) is 13.4 Å². The van der Waals surface area contributed by atoms with Crippen LogP contribution in [-0.2, 0) is 29.5 Å². The summed E-state index contributed by atoms with van der Waals surface area (Å²) < 4.78 is 34.2. The summed E-state index contributed by atoms with van der Waals surface area (Å²) in [5.41, 5.74) is 6.24. The molecule has 0 spiro atoms.